The van der Waals surface area contributed by atoms with E-state index >= 15 is 0 Å². The fraction of sp³-hybridized carbons (Fsp3) is 0.562. The maximum absolute atomic E-state index is 10.2. The number of thiazole rings is 1. The van der Waals surface area contributed by atoms with E-state index in [1.807, 2.05) is 25.1 Å². The number of fused-ring (bicyclic) bond motifs is 1. The van der Waals surface area contributed by atoms with Crippen LogP contribution in [0, 0.1) is 6.92 Å². The summed E-state index contributed by atoms with van der Waals surface area (Å²) < 4.78 is 7.28. The van der Waals surface area contributed by atoms with Crippen molar-refractivity contribution in [1.29, 1.82) is 0 Å². The maximum Gasteiger partial charge on any atom is 0.178 e. The van der Waals surface area contributed by atoms with Gasteiger partial charge in [-0.2, -0.15) is 0 Å². The van der Waals surface area contributed by atoms with Crippen molar-refractivity contribution in [2.24, 2.45) is 0 Å². The molecule has 1 aliphatic rings. The largest absolute Gasteiger partial charge is 0.472 e. The first-order valence-electron chi connectivity index (χ1n) is 7.73. The number of nitrogens with one attached hydrogen (secondary N) is 1. The maximum atomic E-state index is 10.2. The van der Waals surface area contributed by atoms with Gasteiger partial charge in [0.2, 0.25) is 0 Å². The zero-order chi connectivity index (χ0) is 15.7. The minimum atomic E-state index is -0.562. The zero-order valence-electron chi connectivity index (χ0n) is 13.2. The molecule has 1 unspecified atom stereocenters. The van der Waals surface area contributed by atoms with E-state index in [4.69, 9.17) is 4.74 Å². The fourth-order valence-corrected chi connectivity index (χ4v) is 3.72. The van der Waals surface area contributed by atoms with Gasteiger partial charge in [0.25, 0.3) is 0 Å². The lowest BCUT2D eigenvalue weighted by Crippen LogP contribution is -2.58. The van der Waals surface area contributed by atoms with Crippen molar-refractivity contribution in [3.63, 3.8) is 0 Å². The monoisotopic (exact) mass is 321 g/mol. The Morgan fingerprint density at radius 1 is 1.50 bits per heavy atom. The van der Waals surface area contributed by atoms with Crippen molar-refractivity contribution in [3.8, 4) is 5.75 Å². The van der Waals surface area contributed by atoms with Gasteiger partial charge in [0, 0.05) is 31.7 Å². The average Bonchev–Trinajstić information content (AvgIpc) is 2.84. The smallest absolute Gasteiger partial charge is 0.178 e. The number of rotatable bonds is 4. The molecule has 0 amide bonds. The van der Waals surface area contributed by atoms with Gasteiger partial charge in [-0.15, -0.1) is 11.3 Å². The number of aliphatic hydroxyl groups excluding tert-OH is 1. The third-order valence-electron chi connectivity index (χ3n) is 4.02. The first kappa shape index (κ1) is 15.7. The minimum absolute atomic E-state index is 0.332. The first-order chi connectivity index (χ1) is 10.5. The van der Waals surface area contributed by atoms with Crippen molar-refractivity contribution in [3.05, 3.63) is 23.2 Å². The van der Waals surface area contributed by atoms with Gasteiger partial charge in [-0.3, -0.25) is 4.90 Å². The number of hydrogen-bond donors (Lipinski definition) is 2. The number of piperazine rings is 1. The first-order valence-corrected chi connectivity index (χ1v) is 8.54. The molecule has 1 aromatic carbocycles. The molecular weight excluding hydrogens is 298 g/mol. The molecule has 3 atom stereocenters. The van der Waals surface area contributed by atoms with E-state index in [0.717, 1.165) is 40.6 Å². The average molecular weight is 321 g/mol. The second-order valence-corrected chi connectivity index (χ2v) is 7.14. The van der Waals surface area contributed by atoms with E-state index in [-0.39, 0.29) is 6.23 Å². The summed E-state index contributed by atoms with van der Waals surface area (Å²) in [4.78, 5) is 6.73. The van der Waals surface area contributed by atoms with E-state index in [2.05, 4.69) is 22.1 Å². The van der Waals surface area contributed by atoms with Crippen molar-refractivity contribution >= 4 is 21.6 Å². The summed E-state index contributed by atoms with van der Waals surface area (Å²) in [6.45, 7) is 8.64. The third kappa shape index (κ3) is 3.25. The highest BCUT2D eigenvalue weighted by Crippen LogP contribution is 2.27. The van der Waals surface area contributed by atoms with Crippen LogP contribution < -0.4 is 10.1 Å². The molecule has 1 saturated heterocycles. The molecule has 6 heteroatoms. The Labute approximate surface area is 134 Å². The van der Waals surface area contributed by atoms with Crippen molar-refractivity contribution in [2.75, 3.05) is 19.6 Å². The van der Waals surface area contributed by atoms with Crippen LogP contribution in [0.2, 0.25) is 0 Å². The number of aromatic nitrogens is 1. The molecule has 2 heterocycles. The molecule has 2 N–H and O–H groups in total. The van der Waals surface area contributed by atoms with E-state index in [0.29, 0.717) is 6.04 Å². The molecule has 120 valence electrons. The highest BCUT2D eigenvalue weighted by Gasteiger charge is 2.30. The van der Waals surface area contributed by atoms with E-state index in [1.54, 1.807) is 18.3 Å². The number of aryl methyl sites for hydroxylation is 1. The molecule has 0 radical (unpaired) electrons. The SMILES string of the molecule is Cc1nc2cc(OC([C@@H](C)O)N3CCNC[C@@H]3C)ccc2s1. The quantitative estimate of drug-likeness (QED) is 0.902. The summed E-state index contributed by atoms with van der Waals surface area (Å²) in [5, 5.41) is 14.6. The third-order valence-corrected chi connectivity index (χ3v) is 4.97. The van der Waals surface area contributed by atoms with E-state index < -0.39 is 6.10 Å². The molecule has 0 aliphatic carbocycles. The number of benzene rings is 1. The number of aliphatic hydroxyl groups is 1. The lowest BCUT2D eigenvalue weighted by Gasteiger charge is -2.40. The summed E-state index contributed by atoms with van der Waals surface area (Å²) in [6, 6.07) is 6.29. The number of ether oxygens (including phenoxy) is 1. The minimum Gasteiger partial charge on any atom is -0.472 e. The normalized spacial score (nSPS) is 22.6. The van der Waals surface area contributed by atoms with Gasteiger partial charge in [0.05, 0.1) is 15.2 Å². The molecule has 2 aromatic rings. The molecule has 0 saturated carbocycles. The molecule has 0 bridgehead atoms. The lowest BCUT2D eigenvalue weighted by molar-refractivity contribution is -0.0803. The summed E-state index contributed by atoms with van der Waals surface area (Å²) in [6.07, 6.45) is -0.900. The Bertz CT molecular complexity index is 643. The van der Waals surface area contributed by atoms with Crippen LogP contribution in [-0.4, -0.2) is 53.0 Å². The highest BCUT2D eigenvalue weighted by atomic mass is 32.1. The van der Waals surface area contributed by atoms with Crippen LogP contribution in [0.5, 0.6) is 5.75 Å². The van der Waals surface area contributed by atoms with Crippen LogP contribution in [0.15, 0.2) is 18.2 Å². The van der Waals surface area contributed by atoms with Gasteiger partial charge in [0.15, 0.2) is 6.23 Å². The predicted molar refractivity (Wildman–Crippen MR) is 89.5 cm³/mol. The van der Waals surface area contributed by atoms with Gasteiger partial charge in [-0.1, -0.05) is 0 Å². The van der Waals surface area contributed by atoms with Crippen molar-refractivity contribution < 1.29 is 9.84 Å². The molecule has 22 heavy (non-hydrogen) atoms. The van der Waals surface area contributed by atoms with Crippen LogP contribution in [0.1, 0.15) is 18.9 Å². The van der Waals surface area contributed by atoms with Crippen LogP contribution in [0.4, 0.5) is 0 Å². The highest BCUT2D eigenvalue weighted by molar-refractivity contribution is 7.18. The molecule has 1 aromatic heterocycles. The van der Waals surface area contributed by atoms with Crippen LogP contribution in [-0.2, 0) is 0 Å². The molecule has 3 rings (SSSR count). The van der Waals surface area contributed by atoms with Gasteiger partial charge < -0.3 is 15.2 Å². The van der Waals surface area contributed by atoms with E-state index in [9.17, 15) is 5.11 Å². The van der Waals surface area contributed by atoms with Gasteiger partial charge in [-0.05, 0) is 32.9 Å². The zero-order valence-corrected chi connectivity index (χ0v) is 14.1. The fourth-order valence-electron chi connectivity index (χ4n) is 2.91. The topological polar surface area (TPSA) is 57.6 Å². The molecule has 1 aliphatic heterocycles. The van der Waals surface area contributed by atoms with Crippen LogP contribution >= 0.6 is 11.3 Å². The molecule has 1 fully saturated rings. The Hall–Kier alpha value is -1.21. The Kier molecular flexibility index (Phi) is 4.63. The lowest BCUT2D eigenvalue weighted by atomic mass is 10.2. The second-order valence-electron chi connectivity index (χ2n) is 5.90. The van der Waals surface area contributed by atoms with Crippen LogP contribution in [0.25, 0.3) is 10.2 Å². The van der Waals surface area contributed by atoms with E-state index in [1.165, 1.54) is 0 Å². The Balaban J connectivity index is 1.82. The summed E-state index contributed by atoms with van der Waals surface area (Å²) in [5.74, 6) is 0.759. The number of hydrogen-bond acceptors (Lipinski definition) is 6. The summed E-state index contributed by atoms with van der Waals surface area (Å²) in [7, 11) is 0. The van der Waals surface area contributed by atoms with Gasteiger partial charge >= 0.3 is 0 Å². The summed E-state index contributed by atoms with van der Waals surface area (Å²) in [5.41, 5.74) is 0.956. The molecule has 0 spiro atoms. The Morgan fingerprint density at radius 3 is 3.05 bits per heavy atom. The molecular formula is C16H23N3O2S. The van der Waals surface area contributed by atoms with Crippen molar-refractivity contribution in [1.82, 2.24) is 15.2 Å². The van der Waals surface area contributed by atoms with Crippen LogP contribution in [0.3, 0.4) is 0 Å². The second kappa shape index (κ2) is 6.50. The van der Waals surface area contributed by atoms with Gasteiger partial charge in [0.1, 0.15) is 11.9 Å². The summed E-state index contributed by atoms with van der Waals surface area (Å²) >= 11 is 1.68. The van der Waals surface area contributed by atoms with Gasteiger partial charge in [-0.25, -0.2) is 4.98 Å². The Morgan fingerprint density at radius 2 is 2.32 bits per heavy atom. The standard InChI is InChI=1S/C16H23N3O2S/c1-10-9-17-6-7-19(10)16(11(2)20)21-13-4-5-15-14(8-13)18-12(3)22-15/h4-5,8,10-11,16-17,20H,6-7,9H2,1-3H3/t10-,11+,16?/m0/s1. The predicted octanol–water partition coefficient (Wildman–Crippen LogP) is 1.98. The molecule has 5 nitrogen and oxygen atoms in total. The number of nitrogens with zero attached hydrogens (tertiary/aromatic N) is 2. The van der Waals surface area contributed by atoms with Crippen molar-refractivity contribution in [2.45, 2.75) is 39.1 Å².